The van der Waals surface area contributed by atoms with Crippen LogP contribution in [-0.2, 0) is 4.79 Å². The van der Waals surface area contributed by atoms with Gasteiger partial charge in [0, 0.05) is 25.9 Å². The number of rotatable bonds is 10. The summed E-state index contributed by atoms with van der Waals surface area (Å²) in [6.07, 6.45) is 3.07. The van der Waals surface area contributed by atoms with Gasteiger partial charge in [-0.1, -0.05) is 62.4 Å². The van der Waals surface area contributed by atoms with Crippen LogP contribution in [0, 0.1) is 0 Å². The van der Waals surface area contributed by atoms with Crippen LogP contribution in [0.5, 0.6) is 0 Å². The normalized spacial score (nSPS) is 11.2. The lowest BCUT2D eigenvalue weighted by molar-refractivity contribution is -0.131. The Bertz CT molecular complexity index is 677. The van der Waals surface area contributed by atoms with Crippen LogP contribution in [0.1, 0.15) is 45.1 Å². The predicted molar refractivity (Wildman–Crippen MR) is 109 cm³/mol. The summed E-state index contributed by atoms with van der Waals surface area (Å²) in [6, 6.07) is 19.9. The number of amides is 1. The number of hydrazone groups is 1. The van der Waals surface area contributed by atoms with Crippen LogP contribution >= 0.6 is 0 Å². The molecule has 0 fully saturated rings. The first kappa shape index (κ1) is 19.7. The molecule has 0 aliphatic heterocycles. The minimum Gasteiger partial charge on any atom is -0.343 e. The molecule has 1 amide bonds. The molecular formula is C22H29N3O. The Morgan fingerprint density at radius 2 is 1.46 bits per heavy atom. The zero-order valence-electron chi connectivity index (χ0n) is 15.8. The molecule has 0 unspecified atom stereocenters. The molecule has 4 heteroatoms. The van der Waals surface area contributed by atoms with E-state index in [0.29, 0.717) is 12.8 Å². The first-order valence-corrected chi connectivity index (χ1v) is 9.45. The monoisotopic (exact) mass is 351 g/mol. The number of nitrogens with one attached hydrogen (secondary N) is 1. The Labute approximate surface area is 156 Å². The summed E-state index contributed by atoms with van der Waals surface area (Å²) in [6.45, 7) is 5.87. The van der Waals surface area contributed by atoms with Crippen molar-refractivity contribution in [2.24, 2.45) is 5.10 Å². The number of carbonyl (C=O) groups is 1. The molecule has 0 spiro atoms. The zero-order valence-corrected chi connectivity index (χ0v) is 15.8. The quantitative estimate of drug-likeness (QED) is 0.487. The van der Waals surface area contributed by atoms with E-state index in [1.54, 1.807) is 0 Å². The Morgan fingerprint density at radius 1 is 0.885 bits per heavy atom. The van der Waals surface area contributed by atoms with E-state index in [0.717, 1.165) is 42.9 Å². The first-order valence-electron chi connectivity index (χ1n) is 9.45. The Morgan fingerprint density at radius 3 is 2.04 bits per heavy atom. The van der Waals surface area contributed by atoms with Crippen molar-refractivity contribution in [2.75, 3.05) is 18.5 Å². The third-order valence-corrected chi connectivity index (χ3v) is 4.12. The second-order valence-electron chi connectivity index (χ2n) is 6.28. The standard InChI is InChI=1S/C22H29N3O/c1-3-17-25(18-4-2)22(26)16-15-21(19-11-7-5-8-12-19)24-23-20-13-9-6-10-14-20/h5-14,23H,3-4,15-18H2,1-2H3/b24-21-. The summed E-state index contributed by atoms with van der Waals surface area (Å²) in [7, 11) is 0. The van der Waals surface area contributed by atoms with Crippen molar-refractivity contribution >= 4 is 17.3 Å². The van der Waals surface area contributed by atoms with Crippen molar-refractivity contribution < 1.29 is 4.79 Å². The molecule has 0 radical (unpaired) electrons. The molecule has 0 saturated heterocycles. The summed E-state index contributed by atoms with van der Waals surface area (Å²) in [5.74, 6) is 0.206. The average molecular weight is 351 g/mol. The lowest BCUT2D eigenvalue weighted by Gasteiger charge is -2.21. The van der Waals surface area contributed by atoms with Gasteiger partial charge in [0.15, 0.2) is 0 Å². The maximum absolute atomic E-state index is 12.6. The Balaban J connectivity index is 2.08. The number of anilines is 1. The summed E-state index contributed by atoms with van der Waals surface area (Å²) < 4.78 is 0. The Hall–Kier alpha value is -2.62. The molecule has 0 aliphatic carbocycles. The molecule has 0 aromatic heterocycles. The number of nitrogens with zero attached hydrogens (tertiary/aromatic N) is 2. The van der Waals surface area contributed by atoms with Gasteiger partial charge < -0.3 is 4.90 Å². The zero-order chi connectivity index (χ0) is 18.6. The molecule has 0 bridgehead atoms. The van der Waals surface area contributed by atoms with Gasteiger partial charge in [0.05, 0.1) is 11.4 Å². The van der Waals surface area contributed by atoms with Gasteiger partial charge in [-0.15, -0.1) is 0 Å². The summed E-state index contributed by atoms with van der Waals surface area (Å²) >= 11 is 0. The molecule has 2 rings (SSSR count). The highest BCUT2D eigenvalue weighted by Crippen LogP contribution is 2.11. The molecule has 0 heterocycles. The fraction of sp³-hybridized carbons (Fsp3) is 0.364. The predicted octanol–water partition coefficient (Wildman–Crippen LogP) is 4.93. The topological polar surface area (TPSA) is 44.7 Å². The van der Waals surface area contributed by atoms with E-state index >= 15 is 0 Å². The van der Waals surface area contributed by atoms with E-state index in [4.69, 9.17) is 0 Å². The maximum Gasteiger partial charge on any atom is 0.222 e. The van der Waals surface area contributed by atoms with Crippen LogP contribution in [-0.4, -0.2) is 29.6 Å². The van der Waals surface area contributed by atoms with Crippen LogP contribution in [0.15, 0.2) is 65.8 Å². The van der Waals surface area contributed by atoms with Crippen LogP contribution in [0.4, 0.5) is 5.69 Å². The summed E-state index contributed by atoms with van der Waals surface area (Å²) in [5, 5.41) is 4.58. The maximum atomic E-state index is 12.6. The van der Waals surface area contributed by atoms with E-state index < -0.39 is 0 Å². The number of hydrogen-bond acceptors (Lipinski definition) is 3. The van der Waals surface area contributed by atoms with Crippen LogP contribution in [0.2, 0.25) is 0 Å². The smallest absolute Gasteiger partial charge is 0.222 e. The van der Waals surface area contributed by atoms with Crippen molar-refractivity contribution in [2.45, 2.75) is 39.5 Å². The van der Waals surface area contributed by atoms with Gasteiger partial charge in [0.2, 0.25) is 5.91 Å². The largest absolute Gasteiger partial charge is 0.343 e. The lowest BCUT2D eigenvalue weighted by atomic mass is 10.1. The summed E-state index contributed by atoms with van der Waals surface area (Å²) in [4.78, 5) is 14.5. The highest BCUT2D eigenvalue weighted by atomic mass is 16.2. The van der Waals surface area contributed by atoms with Crippen LogP contribution < -0.4 is 5.43 Å². The van der Waals surface area contributed by atoms with E-state index in [9.17, 15) is 4.79 Å². The first-order chi connectivity index (χ1) is 12.7. The van der Waals surface area contributed by atoms with Gasteiger partial charge in [0.1, 0.15) is 0 Å². The lowest BCUT2D eigenvalue weighted by Crippen LogP contribution is -2.32. The van der Waals surface area contributed by atoms with Crippen molar-refractivity contribution in [1.29, 1.82) is 0 Å². The third-order valence-electron chi connectivity index (χ3n) is 4.12. The van der Waals surface area contributed by atoms with Crippen LogP contribution in [0.3, 0.4) is 0 Å². The number of carbonyl (C=O) groups excluding carboxylic acids is 1. The second-order valence-corrected chi connectivity index (χ2v) is 6.28. The second kappa shape index (κ2) is 11.1. The van der Waals surface area contributed by atoms with Gasteiger partial charge in [0.25, 0.3) is 0 Å². The molecule has 0 atom stereocenters. The fourth-order valence-corrected chi connectivity index (χ4v) is 2.82. The molecule has 1 N–H and O–H groups in total. The third kappa shape index (κ3) is 6.36. The Kier molecular flexibility index (Phi) is 8.40. The van der Waals surface area contributed by atoms with Gasteiger partial charge in [-0.3, -0.25) is 10.2 Å². The molecule has 138 valence electrons. The highest BCUT2D eigenvalue weighted by Gasteiger charge is 2.14. The molecular weight excluding hydrogens is 322 g/mol. The molecule has 2 aromatic rings. The average Bonchev–Trinajstić information content (AvgIpc) is 2.69. The van der Waals surface area contributed by atoms with Gasteiger partial charge >= 0.3 is 0 Å². The van der Waals surface area contributed by atoms with Crippen molar-refractivity contribution in [3.05, 3.63) is 66.2 Å². The number of hydrogen-bond donors (Lipinski definition) is 1. The summed E-state index contributed by atoms with van der Waals surface area (Å²) in [5.41, 5.74) is 5.99. The van der Waals surface area contributed by atoms with E-state index in [1.165, 1.54) is 0 Å². The number of para-hydroxylation sites is 1. The number of benzene rings is 2. The van der Waals surface area contributed by atoms with E-state index in [2.05, 4.69) is 24.4 Å². The molecule has 4 nitrogen and oxygen atoms in total. The van der Waals surface area contributed by atoms with E-state index in [1.807, 2.05) is 65.6 Å². The molecule has 0 aliphatic rings. The molecule has 26 heavy (non-hydrogen) atoms. The SMILES string of the molecule is CCCN(CCC)C(=O)CC/C(=N/Nc1ccccc1)c1ccccc1. The van der Waals surface area contributed by atoms with E-state index in [-0.39, 0.29) is 5.91 Å². The van der Waals surface area contributed by atoms with Crippen molar-refractivity contribution in [3.63, 3.8) is 0 Å². The van der Waals surface area contributed by atoms with Gasteiger partial charge in [-0.05, 0) is 30.5 Å². The van der Waals surface area contributed by atoms with Gasteiger partial charge in [-0.25, -0.2) is 0 Å². The fourth-order valence-electron chi connectivity index (χ4n) is 2.82. The minimum absolute atomic E-state index is 0.206. The minimum atomic E-state index is 0.206. The van der Waals surface area contributed by atoms with Gasteiger partial charge in [-0.2, -0.15) is 5.10 Å². The van der Waals surface area contributed by atoms with Crippen molar-refractivity contribution in [3.8, 4) is 0 Å². The van der Waals surface area contributed by atoms with Crippen molar-refractivity contribution in [1.82, 2.24) is 4.90 Å². The van der Waals surface area contributed by atoms with Crippen LogP contribution in [0.25, 0.3) is 0 Å². The highest BCUT2D eigenvalue weighted by molar-refractivity contribution is 6.02. The molecule has 0 saturated carbocycles. The molecule has 2 aromatic carbocycles.